The molecule has 27 heavy (non-hydrogen) atoms. The summed E-state index contributed by atoms with van der Waals surface area (Å²) in [4.78, 5) is 14.5. The van der Waals surface area contributed by atoms with E-state index in [2.05, 4.69) is 29.6 Å². The van der Waals surface area contributed by atoms with Crippen LogP contribution in [-0.4, -0.2) is 35.8 Å². The van der Waals surface area contributed by atoms with Crippen LogP contribution in [0.1, 0.15) is 36.3 Å². The van der Waals surface area contributed by atoms with Crippen molar-refractivity contribution < 1.29 is 14.3 Å². The van der Waals surface area contributed by atoms with E-state index in [0.29, 0.717) is 38.5 Å². The Morgan fingerprint density at radius 2 is 1.78 bits per heavy atom. The van der Waals surface area contributed by atoms with Crippen molar-refractivity contribution in [2.24, 2.45) is 0 Å². The molecule has 0 aromatic heterocycles. The summed E-state index contributed by atoms with van der Waals surface area (Å²) in [7, 11) is 0. The molecule has 2 fully saturated rings. The molecule has 1 saturated carbocycles. The summed E-state index contributed by atoms with van der Waals surface area (Å²) >= 11 is 0. The lowest BCUT2D eigenvalue weighted by Gasteiger charge is -2.43. The van der Waals surface area contributed by atoms with Crippen molar-refractivity contribution >= 4 is 6.03 Å². The van der Waals surface area contributed by atoms with Crippen LogP contribution < -0.4 is 10.1 Å². The second kappa shape index (κ2) is 6.57. The zero-order chi connectivity index (χ0) is 18.3. The third kappa shape index (κ3) is 3.28. The van der Waals surface area contributed by atoms with Gasteiger partial charge in [0, 0.05) is 43.5 Å². The maximum atomic E-state index is 12.6. The minimum atomic E-state index is -0.586. The lowest BCUT2D eigenvalue weighted by molar-refractivity contribution is -0.225. The smallest absolute Gasteiger partial charge is 0.317 e. The Morgan fingerprint density at radius 3 is 2.59 bits per heavy atom. The van der Waals surface area contributed by atoms with E-state index in [4.69, 9.17) is 9.47 Å². The standard InChI is InChI=1S/C22H24N2O3/c25-21(23-19-14-18(19)16-6-2-1-3-7-16)24-12-10-22(11-13-24)26-15-17-8-4-5-9-20(17)27-22/h1-9,18-19H,10-15H2,(H,23,25)/t18-,19+/m0/s1. The van der Waals surface area contributed by atoms with Crippen molar-refractivity contribution in [2.75, 3.05) is 13.1 Å². The number of benzene rings is 2. The maximum absolute atomic E-state index is 12.6. The number of rotatable bonds is 2. The quantitative estimate of drug-likeness (QED) is 0.885. The van der Waals surface area contributed by atoms with Crippen molar-refractivity contribution in [3.8, 4) is 5.75 Å². The van der Waals surface area contributed by atoms with Crippen LogP contribution in [0, 0.1) is 0 Å². The Morgan fingerprint density at radius 1 is 1.04 bits per heavy atom. The number of para-hydroxylation sites is 1. The van der Waals surface area contributed by atoms with Crippen LogP contribution in [0.25, 0.3) is 0 Å². The molecule has 140 valence electrons. The van der Waals surface area contributed by atoms with Gasteiger partial charge in [-0.05, 0) is 18.1 Å². The van der Waals surface area contributed by atoms with Crippen LogP contribution in [0.5, 0.6) is 5.75 Å². The van der Waals surface area contributed by atoms with E-state index in [1.807, 2.05) is 35.2 Å². The molecule has 1 spiro atoms. The van der Waals surface area contributed by atoms with Gasteiger partial charge in [0.2, 0.25) is 5.79 Å². The second-order valence-electron chi connectivity index (χ2n) is 7.71. The van der Waals surface area contributed by atoms with Gasteiger partial charge in [-0.2, -0.15) is 0 Å². The number of nitrogens with one attached hydrogen (secondary N) is 1. The lowest BCUT2D eigenvalue weighted by Crippen LogP contribution is -2.54. The lowest BCUT2D eigenvalue weighted by atomic mass is 10.0. The molecule has 5 rings (SSSR count). The second-order valence-corrected chi connectivity index (χ2v) is 7.71. The zero-order valence-corrected chi connectivity index (χ0v) is 15.3. The van der Waals surface area contributed by atoms with E-state index in [1.165, 1.54) is 5.56 Å². The van der Waals surface area contributed by atoms with Crippen LogP contribution in [-0.2, 0) is 11.3 Å². The van der Waals surface area contributed by atoms with Gasteiger partial charge in [-0.3, -0.25) is 0 Å². The first kappa shape index (κ1) is 16.6. The summed E-state index contributed by atoms with van der Waals surface area (Å²) in [5.74, 6) is 0.773. The summed E-state index contributed by atoms with van der Waals surface area (Å²) in [6.07, 6.45) is 2.42. The van der Waals surface area contributed by atoms with E-state index >= 15 is 0 Å². The molecule has 2 heterocycles. The number of urea groups is 1. The van der Waals surface area contributed by atoms with E-state index in [9.17, 15) is 4.79 Å². The van der Waals surface area contributed by atoms with E-state index < -0.39 is 5.79 Å². The topological polar surface area (TPSA) is 50.8 Å². The number of ether oxygens (including phenoxy) is 2. The largest absolute Gasteiger partial charge is 0.462 e. The van der Waals surface area contributed by atoms with E-state index in [-0.39, 0.29) is 12.1 Å². The molecule has 0 unspecified atom stereocenters. The molecule has 1 saturated heterocycles. The van der Waals surface area contributed by atoms with E-state index in [0.717, 1.165) is 17.7 Å². The van der Waals surface area contributed by atoms with Gasteiger partial charge in [0.1, 0.15) is 5.75 Å². The number of piperidine rings is 1. The van der Waals surface area contributed by atoms with Gasteiger partial charge in [-0.15, -0.1) is 0 Å². The summed E-state index contributed by atoms with van der Waals surface area (Å²) in [5, 5.41) is 3.18. The predicted molar refractivity (Wildman–Crippen MR) is 102 cm³/mol. The highest BCUT2D eigenvalue weighted by molar-refractivity contribution is 5.75. The number of hydrogen-bond donors (Lipinski definition) is 1. The summed E-state index contributed by atoms with van der Waals surface area (Å²) in [5.41, 5.74) is 2.40. The van der Waals surface area contributed by atoms with Crippen molar-refractivity contribution in [1.29, 1.82) is 0 Å². The Labute approximate surface area is 159 Å². The molecule has 2 aliphatic heterocycles. The van der Waals surface area contributed by atoms with Gasteiger partial charge in [0.15, 0.2) is 0 Å². The predicted octanol–water partition coefficient (Wildman–Crippen LogP) is 3.65. The molecule has 1 N–H and O–H groups in total. The zero-order valence-electron chi connectivity index (χ0n) is 15.3. The molecule has 0 bridgehead atoms. The number of nitrogens with zero attached hydrogens (tertiary/aromatic N) is 1. The normalized spacial score (nSPS) is 25.4. The summed E-state index contributed by atoms with van der Waals surface area (Å²) < 4.78 is 12.2. The Hall–Kier alpha value is -2.53. The number of carbonyl (C=O) groups excluding carboxylic acids is 1. The molecule has 5 nitrogen and oxygen atoms in total. The highest BCUT2D eigenvalue weighted by Crippen LogP contribution is 2.41. The first-order valence-electron chi connectivity index (χ1n) is 9.74. The highest BCUT2D eigenvalue weighted by atomic mass is 16.7. The number of amides is 2. The number of hydrogen-bond acceptors (Lipinski definition) is 3. The maximum Gasteiger partial charge on any atom is 0.317 e. The fourth-order valence-electron chi connectivity index (χ4n) is 4.13. The van der Waals surface area contributed by atoms with Crippen molar-refractivity contribution in [1.82, 2.24) is 10.2 Å². The van der Waals surface area contributed by atoms with Crippen LogP contribution in [0.2, 0.25) is 0 Å². The molecular formula is C22H24N2O3. The van der Waals surface area contributed by atoms with Gasteiger partial charge in [0.05, 0.1) is 6.61 Å². The van der Waals surface area contributed by atoms with Crippen LogP contribution in [0.15, 0.2) is 54.6 Å². The van der Waals surface area contributed by atoms with Crippen LogP contribution in [0.4, 0.5) is 4.79 Å². The molecule has 1 aliphatic carbocycles. The number of fused-ring (bicyclic) bond motifs is 1. The Kier molecular flexibility index (Phi) is 4.05. The minimum Gasteiger partial charge on any atom is -0.462 e. The number of likely N-dealkylation sites (tertiary alicyclic amines) is 1. The van der Waals surface area contributed by atoms with Crippen molar-refractivity contribution in [2.45, 2.75) is 43.6 Å². The Bertz CT molecular complexity index is 830. The molecule has 0 radical (unpaired) electrons. The first-order chi connectivity index (χ1) is 13.2. The molecular weight excluding hydrogens is 340 g/mol. The van der Waals surface area contributed by atoms with Gasteiger partial charge < -0.3 is 19.7 Å². The molecule has 3 aliphatic rings. The van der Waals surface area contributed by atoms with Crippen LogP contribution >= 0.6 is 0 Å². The molecule has 5 heteroatoms. The third-order valence-electron chi connectivity index (χ3n) is 5.90. The SMILES string of the molecule is O=C(N[C@@H]1C[C@H]1c1ccccc1)N1CCC2(CC1)OCc1ccccc1O2. The fraction of sp³-hybridized carbons (Fsp3) is 0.409. The molecule has 2 aromatic carbocycles. The summed E-state index contributed by atoms with van der Waals surface area (Å²) in [6.45, 7) is 1.87. The Balaban J connectivity index is 1.15. The van der Waals surface area contributed by atoms with Crippen molar-refractivity contribution in [3.63, 3.8) is 0 Å². The highest BCUT2D eigenvalue weighted by Gasteiger charge is 2.44. The van der Waals surface area contributed by atoms with Gasteiger partial charge in [0.25, 0.3) is 0 Å². The monoisotopic (exact) mass is 364 g/mol. The molecule has 2 aromatic rings. The average molecular weight is 364 g/mol. The van der Waals surface area contributed by atoms with Gasteiger partial charge in [-0.1, -0.05) is 48.5 Å². The average Bonchev–Trinajstić information content (AvgIpc) is 3.48. The fourth-order valence-corrected chi connectivity index (χ4v) is 4.13. The van der Waals surface area contributed by atoms with Gasteiger partial charge in [-0.25, -0.2) is 4.79 Å². The third-order valence-corrected chi connectivity index (χ3v) is 5.90. The minimum absolute atomic E-state index is 0.0319. The van der Waals surface area contributed by atoms with Crippen LogP contribution in [0.3, 0.4) is 0 Å². The van der Waals surface area contributed by atoms with E-state index in [1.54, 1.807) is 0 Å². The molecule has 2 atom stereocenters. The number of carbonyl (C=O) groups is 1. The molecule has 2 amide bonds. The summed E-state index contributed by atoms with van der Waals surface area (Å²) in [6, 6.07) is 18.7. The van der Waals surface area contributed by atoms with Crippen molar-refractivity contribution in [3.05, 3.63) is 65.7 Å². The van der Waals surface area contributed by atoms with Gasteiger partial charge >= 0.3 is 6.03 Å². The first-order valence-corrected chi connectivity index (χ1v) is 9.74.